The molecule has 4 atom stereocenters. The summed E-state index contributed by atoms with van der Waals surface area (Å²) < 4.78 is 13.1. The van der Waals surface area contributed by atoms with Crippen LogP contribution in [0.2, 0.25) is 0 Å². The maximum absolute atomic E-state index is 13.1. The lowest BCUT2D eigenvalue weighted by atomic mass is 9.71. The molecule has 0 aromatic rings. The molecule has 0 aliphatic heterocycles. The van der Waals surface area contributed by atoms with Gasteiger partial charge in [-0.2, -0.15) is 0 Å². The first-order valence-electron chi connectivity index (χ1n) is 9.06. The van der Waals surface area contributed by atoms with Gasteiger partial charge in [-0.05, 0) is 56.4 Å². The van der Waals surface area contributed by atoms with Crippen molar-refractivity contribution in [3.05, 3.63) is 0 Å². The van der Waals surface area contributed by atoms with E-state index in [2.05, 4.69) is 33.0 Å². The van der Waals surface area contributed by atoms with Crippen LogP contribution in [0, 0.1) is 11.3 Å². The molecule has 2 aliphatic carbocycles. The highest BCUT2D eigenvalue weighted by molar-refractivity contribution is 7.86. The Morgan fingerprint density at radius 1 is 1.10 bits per heavy atom. The predicted octanol–water partition coefficient (Wildman–Crippen LogP) is 4.26. The van der Waals surface area contributed by atoms with E-state index in [0.29, 0.717) is 22.0 Å². The highest BCUT2D eigenvalue weighted by Gasteiger charge is 2.40. The maximum atomic E-state index is 13.1. The van der Waals surface area contributed by atoms with Crippen molar-refractivity contribution < 1.29 is 4.21 Å². The zero-order chi connectivity index (χ0) is 15.5. The topological polar surface area (TPSA) is 29.1 Å². The highest BCUT2D eigenvalue weighted by atomic mass is 32.2. The molecule has 1 N–H and O–H groups in total. The lowest BCUT2D eigenvalue weighted by molar-refractivity contribution is 0.163. The monoisotopic (exact) mass is 313 g/mol. The fraction of sp³-hybridized carbons (Fsp3) is 1.00. The van der Waals surface area contributed by atoms with Gasteiger partial charge in [-0.15, -0.1) is 0 Å². The Hall–Kier alpha value is 0.110. The van der Waals surface area contributed by atoms with Gasteiger partial charge in [0.05, 0.1) is 5.25 Å². The van der Waals surface area contributed by atoms with Crippen molar-refractivity contribution in [1.82, 2.24) is 5.32 Å². The number of hydrogen-bond acceptors (Lipinski definition) is 2. The normalized spacial score (nSPS) is 33.2. The Morgan fingerprint density at radius 2 is 1.76 bits per heavy atom. The molecular weight excluding hydrogens is 278 g/mol. The number of hydrogen-bond donors (Lipinski definition) is 1. The SMILES string of the molecule is CCCNC1CCC(C(C)(C)C)CC1S(=O)C1CCCC1. The molecule has 0 aromatic carbocycles. The van der Waals surface area contributed by atoms with E-state index in [1.54, 1.807) is 0 Å². The Labute approximate surface area is 134 Å². The van der Waals surface area contributed by atoms with Crippen LogP contribution in [0.5, 0.6) is 0 Å². The van der Waals surface area contributed by atoms with E-state index >= 15 is 0 Å². The first-order chi connectivity index (χ1) is 9.93. The summed E-state index contributed by atoms with van der Waals surface area (Å²) in [6.07, 6.45) is 9.82. The molecule has 0 spiro atoms. The summed E-state index contributed by atoms with van der Waals surface area (Å²) in [5, 5.41) is 4.58. The Balaban J connectivity index is 2.06. The fourth-order valence-electron chi connectivity index (χ4n) is 4.10. The average molecular weight is 314 g/mol. The van der Waals surface area contributed by atoms with Gasteiger partial charge in [0.25, 0.3) is 0 Å². The van der Waals surface area contributed by atoms with Gasteiger partial charge in [-0.25, -0.2) is 0 Å². The third kappa shape index (κ3) is 4.54. The second kappa shape index (κ2) is 7.59. The molecule has 0 saturated heterocycles. The molecule has 0 radical (unpaired) electrons. The molecule has 2 saturated carbocycles. The molecular formula is C18H35NOS. The minimum Gasteiger partial charge on any atom is -0.313 e. The van der Waals surface area contributed by atoms with Crippen LogP contribution in [0.1, 0.15) is 79.1 Å². The van der Waals surface area contributed by atoms with Gasteiger partial charge in [-0.1, -0.05) is 40.5 Å². The predicted molar refractivity (Wildman–Crippen MR) is 93.1 cm³/mol. The van der Waals surface area contributed by atoms with Crippen molar-refractivity contribution >= 4 is 10.8 Å². The van der Waals surface area contributed by atoms with E-state index in [-0.39, 0.29) is 0 Å². The van der Waals surface area contributed by atoms with E-state index in [9.17, 15) is 4.21 Å². The summed E-state index contributed by atoms with van der Waals surface area (Å²) in [6, 6.07) is 0.491. The summed E-state index contributed by atoms with van der Waals surface area (Å²) in [5.74, 6) is 0.729. The minimum absolute atomic E-state index is 0.355. The number of nitrogens with one attached hydrogen (secondary N) is 1. The molecule has 124 valence electrons. The van der Waals surface area contributed by atoms with E-state index in [4.69, 9.17) is 0 Å². The highest BCUT2D eigenvalue weighted by Crippen LogP contribution is 2.41. The second-order valence-electron chi connectivity index (χ2n) is 8.21. The first-order valence-corrected chi connectivity index (χ1v) is 10.3. The van der Waals surface area contributed by atoms with Crippen LogP contribution in [-0.4, -0.2) is 27.3 Å². The van der Waals surface area contributed by atoms with E-state index in [1.807, 2.05) is 0 Å². The molecule has 0 aromatic heterocycles. The van der Waals surface area contributed by atoms with Crippen molar-refractivity contribution in [2.45, 2.75) is 95.6 Å². The summed E-state index contributed by atoms with van der Waals surface area (Å²) in [5.41, 5.74) is 0.355. The molecule has 2 nitrogen and oxygen atoms in total. The van der Waals surface area contributed by atoms with Crippen LogP contribution in [-0.2, 0) is 10.8 Å². The minimum atomic E-state index is -0.633. The maximum Gasteiger partial charge on any atom is 0.0506 e. The zero-order valence-corrected chi connectivity index (χ0v) is 15.3. The molecule has 2 rings (SSSR count). The average Bonchev–Trinajstić information content (AvgIpc) is 2.97. The molecule has 2 fully saturated rings. The first kappa shape index (κ1) is 17.5. The van der Waals surface area contributed by atoms with Gasteiger partial charge in [0.15, 0.2) is 0 Å². The third-order valence-corrected chi connectivity index (χ3v) is 7.85. The lowest BCUT2D eigenvalue weighted by Gasteiger charge is -2.42. The van der Waals surface area contributed by atoms with Crippen molar-refractivity contribution in [1.29, 1.82) is 0 Å². The molecule has 2 aliphatic rings. The van der Waals surface area contributed by atoms with Gasteiger partial charge >= 0.3 is 0 Å². The quantitative estimate of drug-likeness (QED) is 0.821. The van der Waals surface area contributed by atoms with Crippen LogP contribution in [0.25, 0.3) is 0 Å². The molecule has 0 bridgehead atoms. The summed E-state index contributed by atoms with van der Waals surface area (Å²) in [6.45, 7) is 10.4. The van der Waals surface area contributed by atoms with Crippen LogP contribution in [0.4, 0.5) is 0 Å². The summed E-state index contributed by atoms with van der Waals surface area (Å²) >= 11 is 0. The van der Waals surface area contributed by atoms with Crippen LogP contribution < -0.4 is 5.32 Å². The Kier molecular flexibility index (Phi) is 6.31. The van der Waals surface area contributed by atoms with Gasteiger partial charge in [0.1, 0.15) is 0 Å². The van der Waals surface area contributed by atoms with Crippen molar-refractivity contribution in [3.8, 4) is 0 Å². The van der Waals surface area contributed by atoms with Crippen molar-refractivity contribution in [3.63, 3.8) is 0 Å². The van der Waals surface area contributed by atoms with E-state index < -0.39 is 10.8 Å². The standard InChI is InChI=1S/C18H35NOS/c1-5-12-19-16-11-10-14(18(2,3)4)13-17(16)21(20)15-8-6-7-9-15/h14-17,19H,5-13H2,1-4H3. The van der Waals surface area contributed by atoms with E-state index in [1.165, 1.54) is 44.9 Å². The largest absolute Gasteiger partial charge is 0.313 e. The molecule has 4 unspecified atom stereocenters. The molecule has 21 heavy (non-hydrogen) atoms. The molecule has 0 amide bonds. The summed E-state index contributed by atoms with van der Waals surface area (Å²) in [4.78, 5) is 0. The second-order valence-corrected chi connectivity index (χ2v) is 10.1. The Bertz CT molecular complexity index is 344. The van der Waals surface area contributed by atoms with E-state index in [0.717, 1.165) is 18.9 Å². The van der Waals surface area contributed by atoms with Crippen molar-refractivity contribution in [2.24, 2.45) is 11.3 Å². The van der Waals surface area contributed by atoms with Gasteiger partial charge in [0.2, 0.25) is 0 Å². The zero-order valence-electron chi connectivity index (χ0n) is 14.5. The van der Waals surface area contributed by atoms with Crippen LogP contribution >= 0.6 is 0 Å². The van der Waals surface area contributed by atoms with Gasteiger partial charge in [-0.3, -0.25) is 4.21 Å². The van der Waals surface area contributed by atoms with Crippen LogP contribution in [0.3, 0.4) is 0 Å². The van der Waals surface area contributed by atoms with Gasteiger partial charge < -0.3 is 5.32 Å². The molecule has 3 heteroatoms. The van der Waals surface area contributed by atoms with Crippen LogP contribution in [0.15, 0.2) is 0 Å². The lowest BCUT2D eigenvalue weighted by Crippen LogP contribution is -2.49. The van der Waals surface area contributed by atoms with Crippen molar-refractivity contribution in [2.75, 3.05) is 6.54 Å². The fourth-order valence-corrected chi connectivity index (χ4v) is 6.37. The summed E-state index contributed by atoms with van der Waals surface area (Å²) in [7, 11) is -0.633. The third-order valence-electron chi connectivity index (χ3n) is 5.60. The Morgan fingerprint density at radius 3 is 2.33 bits per heavy atom. The smallest absolute Gasteiger partial charge is 0.0506 e. The molecule has 0 heterocycles. The van der Waals surface area contributed by atoms with Gasteiger partial charge in [0, 0.05) is 22.1 Å². The number of rotatable bonds is 5.